The first-order valence-electron chi connectivity index (χ1n) is 6.26. The second kappa shape index (κ2) is 7.04. The van der Waals surface area contributed by atoms with E-state index in [4.69, 9.17) is 9.47 Å². The second-order valence-electron chi connectivity index (χ2n) is 4.41. The molecule has 1 aliphatic heterocycles. The van der Waals surface area contributed by atoms with Gasteiger partial charge in [0.2, 0.25) is 0 Å². The molecule has 0 aromatic carbocycles. The molecule has 2 heterocycles. The Hall–Kier alpha value is -0.690. The highest BCUT2D eigenvalue weighted by Gasteiger charge is 2.22. The number of thiazole rings is 1. The van der Waals surface area contributed by atoms with E-state index in [0.717, 1.165) is 44.5 Å². The fourth-order valence-electron chi connectivity index (χ4n) is 1.91. The van der Waals surface area contributed by atoms with Crippen molar-refractivity contribution < 1.29 is 9.47 Å². The van der Waals surface area contributed by atoms with E-state index in [1.165, 1.54) is 4.88 Å². The third kappa shape index (κ3) is 3.65. The highest BCUT2D eigenvalue weighted by atomic mass is 32.1. The standard InChI is InChI=1S/C12H21N3O2S/c1-15(10-3-5-17-9-10)12-14-8-11(18-12)7-13-4-6-16-2/h8,10,13H,3-7,9H2,1-2H3. The monoisotopic (exact) mass is 271 g/mol. The number of ether oxygens (including phenoxy) is 2. The van der Waals surface area contributed by atoms with Crippen molar-refractivity contribution in [3.8, 4) is 0 Å². The largest absolute Gasteiger partial charge is 0.383 e. The zero-order chi connectivity index (χ0) is 12.8. The van der Waals surface area contributed by atoms with Crippen LogP contribution in [0.5, 0.6) is 0 Å². The highest BCUT2D eigenvalue weighted by molar-refractivity contribution is 7.15. The molecule has 1 aliphatic rings. The first kappa shape index (κ1) is 13.7. The quantitative estimate of drug-likeness (QED) is 0.753. The summed E-state index contributed by atoms with van der Waals surface area (Å²) in [7, 11) is 3.81. The lowest BCUT2D eigenvalue weighted by molar-refractivity contribution is 0.193. The third-order valence-corrected chi connectivity index (χ3v) is 4.17. The minimum atomic E-state index is 0.477. The van der Waals surface area contributed by atoms with Crippen molar-refractivity contribution in [1.82, 2.24) is 10.3 Å². The van der Waals surface area contributed by atoms with Gasteiger partial charge in [-0.2, -0.15) is 0 Å². The van der Waals surface area contributed by atoms with Crippen molar-refractivity contribution in [2.45, 2.75) is 19.0 Å². The van der Waals surface area contributed by atoms with Gasteiger partial charge in [-0.25, -0.2) is 4.98 Å². The second-order valence-corrected chi connectivity index (χ2v) is 5.50. The highest BCUT2D eigenvalue weighted by Crippen LogP contribution is 2.25. The van der Waals surface area contributed by atoms with Crippen molar-refractivity contribution >= 4 is 16.5 Å². The number of rotatable bonds is 7. The Labute approximate surface area is 112 Å². The van der Waals surface area contributed by atoms with E-state index in [9.17, 15) is 0 Å². The summed E-state index contributed by atoms with van der Waals surface area (Å²) < 4.78 is 10.4. The smallest absolute Gasteiger partial charge is 0.185 e. The van der Waals surface area contributed by atoms with Crippen LogP contribution < -0.4 is 10.2 Å². The molecular formula is C12H21N3O2S. The first-order valence-corrected chi connectivity index (χ1v) is 7.08. The van der Waals surface area contributed by atoms with Crippen LogP contribution in [0.4, 0.5) is 5.13 Å². The molecule has 1 atom stereocenters. The van der Waals surface area contributed by atoms with Crippen LogP contribution in [0.3, 0.4) is 0 Å². The molecule has 1 aromatic rings. The van der Waals surface area contributed by atoms with Gasteiger partial charge in [0.1, 0.15) is 0 Å². The van der Waals surface area contributed by atoms with Gasteiger partial charge in [0, 0.05) is 44.9 Å². The molecule has 2 rings (SSSR count). The van der Waals surface area contributed by atoms with E-state index in [1.54, 1.807) is 18.4 Å². The van der Waals surface area contributed by atoms with E-state index in [2.05, 4.69) is 22.2 Å². The minimum Gasteiger partial charge on any atom is -0.383 e. The van der Waals surface area contributed by atoms with Crippen molar-refractivity contribution in [2.24, 2.45) is 0 Å². The molecule has 18 heavy (non-hydrogen) atoms. The van der Waals surface area contributed by atoms with Crippen molar-refractivity contribution in [3.63, 3.8) is 0 Å². The Balaban J connectivity index is 1.81. The van der Waals surface area contributed by atoms with Crippen LogP contribution in [0.15, 0.2) is 6.20 Å². The zero-order valence-corrected chi connectivity index (χ0v) is 11.8. The molecule has 0 saturated carbocycles. The van der Waals surface area contributed by atoms with Crippen LogP contribution >= 0.6 is 11.3 Å². The molecule has 0 radical (unpaired) electrons. The number of hydrogen-bond donors (Lipinski definition) is 1. The average Bonchev–Trinajstić information content (AvgIpc) is 3.05. The molecule has 102 valence electrons. The Morgan fingerprint density at radius 2 is 2.56 bits per heavy atom. The van der Waals surface area contributed by atoms with Gasteiger partial charge in [-0.05, 0) is 6.42 Å². The molecule has 0 bridgehead atoms. The van der Waals surface area contributed by atoms with Crippen molar-refractivity contribution in [2.75, 3.05) is 45.4 Å². The Bertz CT molecular complexity index is 353. The van der Waals surface area contributed by atoms with Crippen LogP contribution in [0.1, 0.15) is 11.3 Å². The minimum absolute atomic E-state index is 0.477. The lowest BCUT2D eigenvalue weighted by Crippen LogP contribution is -2.31. The molecule has 6 heteroatoms. The predicted molar refractivity (Wildman–Crippen MR) is 73.3 cm³/mol. The van der Waals surface area contributed by atoms with Gasteiger partial charge in [-0.3, -0.25) is 0 Å². The third-order valence-electron chi connectivity index (χ3n) is 3.08. The van der Waals surface area contributed by atoms with Gasteiger partial charge in [0.05, 0.1) is 19.3 Å². The Morgan fingerprint density at radius 3 is 3.28 bits per heavy atom. The fraction of sp³-hybridized carbons (Fsp3) is 0.750. The first-order chi connectivity index (χ1) is 8.81. The normalized spacial score (nSPS) is 19.3. The molecule has 5 nitrogen and oxygen atoms in total. The predicted octanol–water partition coefficient (Wildman–Crippen LogP) is 1.10. The van der Waals surface area contributed by atoms with E-state index in [1.807, 2.05) is 6.20 Å². The summed E-state index contributed by atoms with van der Waals surface area (Å²) >= 11 is 1.74. The van der Waals surface area contributed by atoms with Gasteiger partial charge in [-0.1, -0.05) is 0 Å². The number of likely N-dealkylation sites (N-methyl/N-ethyl adjacent to an activating group) is 1. The lowest BCUT2D eigenvalue weighted by atomic mass is 10.2. The van der Waals surface area contributed by atoms with E-state index >= 15 is 0 Å². The number of methoxy groups -OCH3 is 1. The van der Waals surface area contributed by atoms with Crippen molar-refractivity contribution in [3.05, 3.63) is 11.1 Å². The number of nitrogens with one attached hydrogen (secondary N) is 1. The molecule has 1 N–H and O–H groups in total. The Morgan fingerprint density at radius 1 is 1.67 bits per heavy atom. The van der Waals surface area contributed by atoms with Crippen LogP contribution in [-0.4, -0.2) is 51.5 Å². The summed E-state index contributed by atoms with van der Waals surface area (Å²) in [6.07, 6.45) is 3.05. The van der Waals surface area contributed by atoms with Gasteiger partial charge in [0.15, 0.2) is 5.13 Å². The molecule has 0 amide bonds. The summed E-state index contributed by atoms with van der Waals surface area (Å²) in [5.74, 6) is 0. The topological polar surface area (TPSA) is 46.6 Å². The SMILES string of the molecule is COCCNCc1cnc(N(C)C2CCOC2)s1. The zero-order valence-electron chi connectivity index (χ0n) is 11.0. The number of nitrogens with zero attached hydrogens (tertiary/aromatic N) is 2. The maximum absolute atomic E-state index is 5.41. The van der Waals surface area contributed by atoms with Crippen LogP contribution in [0.2, 0.25) is 0 Å². The van der Waals surface area contributed by atoms with Crippen LogP contribution in [-0.2, 0) is 16.0 Å². The van der Waals surface area contributed by atoms with Gasteiger partial charge < -0.3 is 19.7 Å². The summed E-state index contributed by atoms with van der Waals surface area (Å²) in [5, 5.41) is 4.40. The van der Waals surface area contributed by atoms with Gasteiger partial charge in [-0.15, -0.1) is 11.3 Å². The molecule has 0 aliphatic carbocycles. The summed E-state index contributed by atoms with van der Waals surface area (Å²) in [6, 6.07) is 0.477. The van der Waals surface area contributed by atoms with E-state index < -0.39 is 0 Å². The molecule has 1 saturated heterocycles. The fourth-order valence-corrected chi connectivity index (χ4v) is 2.82. The Kier molecular flexibility index (Phi) is 5.37. The lowest BCUT2D eigenvalue weighted by Gasteiger charge is -2.21. The van der Waals surface area contributed by atoms with Crippen LogP contribution in [0, 0.1) is 0 Å². The van der Waals surface area contributed by atoms with Gasteiger partial charge in [0.25, 0.3) is 0 Å². The molecule has 1 fully saturated rings. The van der Waals surface area contributed by atoms with E-state index in [-0.39, 0.29) is 0 Å². The number of aromatic nitrogens is 1. The van der Waals surface area contributed by atoms with Crippen LogP contribution in [0.25, 0.3) is 0 Å². The molecular weight excluding hydrogens is 250 g/mol. The summed E-state index contributed by atoms with van der Waals surface area (Å²) in [6.45, 7) is 4.15. The molecule has 1 unspecified atom stereocenters. The molecule has 0 spiro atoms. The maximum Gasteiger partial charge on any atom is 0.185 e. The molecule has 1 aromatic heterocycles. The van der Waals surface area contributed by atoms with Crippen molar-refractivity contribution in [1.29, 1.82) is 0 Å². The summed E-state index contributed by atoms with van der Waals surface area (Å²) in [4.78, 5) is 7.97. The van der Waals surface area contributed by atoms with Gasteiger partial charge >= 0.3 is 0 Å². The number of hydrogen-bond acceptors (Lipinski definition) is 6. The number of anilines is 1. The average molecular weight is 271 g/mol. The van der Waals surface area contributed by atoms with E-state index in [0.29, 0.717) is 6.04 Å². The maximum atomic E-state index is 5.41. The summed E-state index contributed by atoms with van der Waals surface area (Å²) in [5.41, 5.74) is 0.